The molecule has 5 N–H and O–H groups in total. The monoisotopic (exact) mass is 242 g/mol. The number of aryl methyl sites for hydroxylation is 1. The summed E-state index contributed by atoms with van der Waals surface area (Å²) in [6.45, 7) is 2.05. The van der Waals surface area contributed by atoms with Crippen LogP contribution in [0.15, 0.2) is 15.8 Å². The van der Waals surface area contributed by atoms with Crippen LogP contribution < -0.4 is 17.0 Å². The van der Waals surface area contributed by atoms with E-state index in [4.69, 9.17) is 4.74 Å². The molecular formula is C10H16N3O4+. The molecule has 1 aromatic rings. The maximum atomic E-state index is 11.6. The summed E-state index contributed by atoms with van der Waals surface area (Å²) in [4.78, 5) is 25.0. The molecular weight excluding hydrogens is 226 g/mol. The van der Waals surface area contributed by atoms with Crippen LogP contribution in [0.25, 0.3) is 0 Å². The van der Waals surface area contributed by atoms with Gasteiger partial charge in [-0.05, 0) is 6.92 Å². The largest absolute Gasteiger partial charge is 0.390 e. The first-order chi connectivity index (χ1) is 8.02. The summed E-state index contributed by atoms with van der Waals surface area (Å²) < 4.78 is 6.81. The van der Waals surface area contributed by atoms with Gasteiger partial charge in [0.2, 0.25) is 0 Å². The molecule has 0 saturated carbocycles. The fraction of sp³-hybridized carbons (Fsp3) is 0.600. The van der Waals surface area contributed by atoms with Crippen molar-refractivity contribution in [3.63, 3.8) is 0 Å². The average Bonchev–Trinajstić information content (AvgIpc) is 2.65. The Labute approximate surface area is 96.8 Å². The third kappa shape index (κ3) is 2.17. The second-order valence-electron chi connectivity index (χ2n) is 4.20. The highest BCUT2D eigenvalue weighted by Crippen LogP contribution is 2.26. The molecule has 0 unspecified atom stereocenters. The lowest BCUT2D eigenvalue weighted by Gasteiger charge is -2.14. The quantitative estimate of drug-likeness (QED) is 0.543. The Kier molecular flexibility index (Phi) is 3.14. The number of aromatic nitrogens is 2. The Morgan fingerprint density at radius 1 is 1.65 bits per heavy atom. The number of nitrogens with one attached hydrogen (secondary N) is 1. The molecule has 94 valence electrons. The van der Waals surface area contributed by atoms with Crippen molar-refractivity contribution in [2.45, 2.75) is 31.8 Å². The highest BCUT2D eigenvalue weighted by molar-refractivity contribution is 5.01. The van der Waals surface area contributed by atoms with Crippen LogP contribution in [0.3, 0.4) is 0 Å². The molecule has 1 aliphatic rings. The van der Waals surface area contributed by atoms with Crippen LogP contribution in [0.5, 0.6) is 0 Å². The van der Waals surface area contributed by atoms with E-state index in [0.29, 0.717) is 18.5 Å². The summed E-state index contributed by atoms with van der Waals surface area (Å²) in [5, 5.41) is 9.68. The number of ether oxygens (including phenoxy) is 1. The van der Waals surface area contributed by atoms with E-state index in [9.17, 15) is 14.7 Å². The van der Waals surface area contributed by atoms with Crippen LogP contribution >= 0.6 is 0 Å². The molecule has 7 nitrogen and oxygen atoms in total. The zero-order valence-electron chi connectivity index (χ0n) is 9.55. The topological polar surface area (TPSA) is 112 Å². The van der Waals surface area contributed by atoms with Gasteiger partial charge < -0.3 is 15.6 Å². The van der Waals surface area contributed by atoms with Crippen LogP contribution in [0, 0.1) is 6.92 Å². The van der Waals surface area contributed by atoms with Gasteiger partial charge in [-0.3, -0.25) is 14.3 Å². The molecule has 7 heteroatoms. The minimum Gasteiger partial charge on any atom is -0.390 e. The molecule has 0 spiro atoms. The van der Waals surface area contributed by atoms with Crippen molar-refractivity contribution in [2.24, 2.45) is 0 Å². The fourth-order valence-corrected chi connectivity index (χ4v) is 1.95. The van der Waals surface area contributed by atoms with E-state index >= 15 is 0 Å². The Hall–Kier alpha value is -1.44. The minimum absolute atomic E-state index is 0.325. The predicted octanol–water partition coefficient (Wildman–Crippen LogP) is -2.26. The summed E-state index contributed by atoms with van der Waals surface area (Å²) in [5.74, 6) is 0. The van der Waals surface area contributed by atoms with E-state index < -0.39 is 23.6 Å². The van der Waals surface area contributed by atoms with Gasteiger partial charge in [0.25, 0.3) is 5.56 Å². The van der Waals surface area contributed by atoms with Gasteiger partial charge >= 0.3 is 5.69 Å². The van der Waals surface area contributed by atoms with Crippen molar-refractivity contribution in [3.8, 4) is 0 Å². The Balaban J connectivity index is 2.34. The Bertz CT molecular complexity index is 521. The van der Waals surface area contributed by atoms with E-state index in [0.717, 1.165) is 0 Å². The van der Waals surface area contributed by atoms with Gasteiger partial charge in [-0.2, -0.15) is 0 Å². The smallest absolute Gasteiger partial charge is 0.330 e. The lowest BCUT2D eigenvalue weighted by atomic mass is 10.2. The summed E-state index contributed by atoms with van der Waals surface area (Å²) in [7, 11) is 0. The number of hydrogen-bond acceptors (Lipinski definition) is 4. The molecule has 1 fully saturated rings. The molecule has 1 aliphatic heterocycles. The third-order valence-electron chi connectivity index (χ3n) is 2.94. The molecule has 0 aliphatic carbocycles. The van der Waals surface area contributed by atoms with E-state index in [1.807, 2.05) is 0 Å². The molecule has 2 rings (SSSR count). The number of rotatable bonds is 2. The van der Waals surface area contributed by atoms with Crippen molar-refractivity contribution in [1.82, 2.24) is 9.55 Å². The average molecular weight is 242 g/mol. The van der Waals surface area contributed by atoms with Gasteiger partial charge in [0, 0.05) is 18.2 Å². The molecule has 0 aromatic carbocycles. The predicted molar refractivity (Wildman–Crippen MR) is 58.3 cm³/mol. The lowest BCUT2D eigenvalue weighted by molar-refractivity contribution is -0.389. The number of aromatic amines is 1. The molecule has 2 heterocycles. The van der Waals surface area contributed by atoms with Crippen LogP contribution in [0.2, 0.25) is 0 Å². The highest BCUT2D eigenvalue weighted by Gasteiger charge is 2.35. The van der Waals surface area contributed by atoms with E-state index in [1.165, 1.54) is 10.8 Å². The molecule has 3 atom stereocenters. The number of aliphatic hydroxyl groups excluding tert-OH is 1. The molecule has 0 bridgehead atoms. The first-order valence-corrected chi connectivity index (χ1v) is 5.47. The molecule has 17 heavy (non-hydrogen) atoms. The van der Waals surface area contributed by atoms with Crippen molar-refractivity contribution in [2.75, 3.05) is 6.54 Å². The van der Waals surface area contributed by atoms with Crippen LogP contribution in [-0.2, 0) is 4.74 Å². The first kappa shape index (κ1) is 12.0. The minimum atomic E-state index is -0.628. The van der Waals surface area contributed by atoms with Crippen molar-refractivity contribution >= 4 is 0 Å². The molecule has 0 radical (unpaired) electrons. The third-order valence-corrected chi connectivity index (χ3v) is 2.94. The van der Waals surface area contributed by atoms with Gasteiger partial charge in [-0.25, -0.2) is 4.79 Å². The van der Waals surface area contributed by atoms with Gasteiger partial charge in [-0.15, -0.1) is 0 Å². The van der Waals surface area contributed by atoms with Gasteiger partial charge in [-0.1, -0.05) is 0 Å². The second-order valence-corrected chi connectivity index (χ2v) is 4.20. The van der Waals surface area contributed by atoms with Crippen LogP contribution in [0.4, 0.5) is 0 Å². The van der Waals surface area contributed by atoms with Crippen LogP contribution in [-0.4, -0.2) is 33.4 Å². The van der Waals surface area contributed by atoms with E-state index in [2.05, 4.69) is 10.7 Å². The maximum Gasteiger partial charge on any atom is 0.330 e. The van der Waals surface area contributed by atoms with Gasteiger partial charge in [0.15, 0.2) is 0 Å². The number of quaternary nitrogens is 1. The highest BCUT2D eigenvalue weighted by atomic mass is 16.5. The number of hydrogen-bond donors (Lipinski definition) is 3. The number of H-pyrrole nitrogens is 1. The maximum absolute atomic E-state index is 11.6. The Morgan fingerprint density at radius 3 is 2.94 bits per heavy atom. The van der Waals surface area contributed by atoms with Crippen molar-refractivity contribution in [1.29, 1.82) is 0 Å². The first-order valence-electron chi connectivity index (χ1n) is 5.47. The lowest BCUT2D eigenvalue weighted by Crippen LogP contribution is -2.57. The summed E-state index contributed by atoms with van der Waals surface area (Å²) >= 11 is 0. The molecule has 1 aromatic heterocycles. The molecule has 1 saturated heterocycles. The molecule has 0 amide bonds. The van der Waals surface area contributed by atoms with Crippen molar-refractivity contribution < 1.29 is 15.6 Å². The Morgan fingerprint density at radius 2 is 2.35 bits per heavy atom. The number of aliphatic hydroxyl groups is 1. The zero-order valence-corrected chi connectivity index (χ0v) is 9.55. The number of nitrogens with zero attached hydrogens (tertiary/aromatic N) is 1. The zero-order chi connectivity index (χ0) is 12.6. The fourth-order valence-electron chi connectivity index (χ4n) is 1.95. The summed E-state index contributed by atoms with van der Waals surface area (Å²) in [5.41, 5.74) is 3.17. The SMILES string of the molecule is Cc1cn([C@H]2C[C@H](O)[C@H](C[NH3+])O2)c(=O)[nH]c1=O. The summed E-state index contributed by atoms with van der Waals surface area (Å²) in [6, 6.07) is 0. The normalized spacial score (nSPS) is 28.5. The van der Waals surface area contributed by atoms with Gasteiger partial charge in [0.1, 0.15) is 18.9 Å². The second kappa shape index (κ2) is 4.44. The van der Waals surface area contributed by atoms with Crippen molar-refractivity contribution in [3.05, 3.63) is 32.6 Å². The summed E-state index contributed by atoms with van der Waals surface area (Å²) in [6.07, 6.45) is 0.242. The van der Waals surface area contributed by atoms with E-state index in [1.54, 1.807) is 6.92 Å². The van der Waals surface area contributed by atoms with Crippen LogP contribution in [0.1, 0.15) is 18.2 Å². The van der Waals surface area contributed by atoms with Gasteiger partial charge in [0.05, 0.1) is 6.10 Å². The van der Waals surface area contributed by atoms with E-state index in [-0.39, 0.29) is 6.10 Å². The standard InChI is InChI=1S/C10H15N3O4/c1-5-4-13(10(16)12-9(5)15)8-2-6(14)7(3-11)17-8/h4,6-8,14H,2-3,11H2,1H3,(H,12,15,16)/p+1/t6-,7-,8+/m0/s1.